The second-order valence-corrected chi connectivity index (χ2v) is 2.88. The molecule has 1 aliphatic rings. The van der Waals surface area contributed by atoms with Crippen molar-refractivity contribution in [3.63, 3.8) is 0 Å². The van der Waals surface area contributed by atoms with Gasteiger partial charge in [0, 0.05) is 0 Å². The fourth-order valence-corrected chi connectivity index (χ4v) is 1.24. The van der Waals surface area contributed by atoms with Crippen LogP contribution in [0.5, 0.6) is 0 Å². The van der Waals surface area contributed by atoms with E-state index in [4.69, 9.17) is 9.47 Å². The van der Waals surface area contributed by atoms with Gasteiger partial charge in [-0.25, -0.2) is 0 Å². The standard InChI is InChI=1S/C11H12O2/c1-2-4-10(5-3-1)6-7-11-12-8-9-13-11/h1-7,11H,8-9H2. The number of hydrogen-bond donors (Lipinski definition) is 0. The Labute approximate surface area is 77.8 Å². The third kappa shape index (κ3) is 2.41. The molecule has 2 heteroatoms. The SMILES string of the molecule is C(=CC1OCCO1)c1ccccc1. The highest BCUT2D eigenvalue weighted by atomic mass is 16.7. The van der Waals surface area contributed by atoms with Gasteiger partial charge in [-0.05, 0) is 11.6 Å². The fourth-order valence-electron chi connectivity index (χ4n) is 1.24. The zero-order valence-corrected chi connectivity index (χ0v) is 7.35. The molecular formula is C11H12O2. The molecule has 1 saturated heterocycles. The van der Waals surface area contributed by atoms with E-state index in [2.05, 4.69) is 0 Å². The van der Waals surface area contributed by atoms with Crippen molar-refractivity contribution >= 4 is 6.08 Å². The maximum Gasteiger partial charge on any atom is 0.177 e. The molecule has 2 nitrogen and oxygen atoms in total. The minimum atomic E-state index is -0.153. The minimum absolute atomic E-state index is 0.153. The molecular weight excluding hydrogens is 164 g/mol. The van der Waals surface area contributed by atoms with Gasteiger partial charge in [0.25, 0.3) is 0 Å². The monoisotopic (exact) mass is 176 g/mol. The largest absolute Gasteiger partial charge is 0.347 e. The van der Waals surface area contributed by atoms with E-state index in [1.165, 1.54) is 5.56 Å². The molecule has 0 aliphatic carbocycles. The summed E-state index contributed by atoms with van der Waals surface area (Å²) >= 11 is 0. The van der Waals surface area contributed by atoms with Gasteiger partial charge in [0.2, 0.25) is 0 Å². The molecule has 0 amide bonds. The molecule has 0 N–H and O–H groups in total. The van der Waals surface area contributed by atoms with Crippen LogP contribution in [0.25, 0.3) is 6.08 Å². The van der Waals surface area contributed by atoms with Crippen molar-refractivity contribution in [2.24, 2.45) is 0 Å². The van der Waals surface area contributed by atoms with Gasteiger partial charge >= 0.3 is 0 Å². The zero-order chi connectivity index (χ0) is 8.93. The van der Waals surface area contributed by atoms with E-state index < -0.39 is 0 Å². The summed E-state index contributed by atoms with van der Waals surface area (Å²) < 4.78 is 10.5. The highest BCUT2D eigenvalue weighted by molar-refractivity contribution is 5.48. The Morgan fingerprint density at radius 1 is 1.08 bits per heavy atom. The molecule has 0 unspecified atom stereocenters. The van der Waals surface area contributed by atoms with E-state index in [1.54, 1.807) is 0 Å². The topological polar surface area (TPSA) is 18.5 Å². The first kappa shape index (κ1) is 8.48. The molecule has 0 saturated carbocycles. The molecule has 0 radical (unpaired) electrons. The lowest BCUT2D eigenvalue weighted by atomic mass is 10.2. The molecule has 13 heavy (non-hydrogen) atoms. The first-order valence-corrected chi connectivity index (χ1v) is 4.41. The van der Waals surface area contributed by atoms with E-state index in [0.717, 1.165) is 0 Å². The van der Waals surface area contributed by atoms with Crippen molar-refractivity contribution in [2.75, 3.05) is 13.2 Å². The normalized spacial score (nSPS) is 18.5. The Morgan fingerprint density at radius 3 is 2.46 bits per heavy atom. The van der Waals surface area contributed by atoms with Gasteiger partial charge in [-0.1, -0.05) is 36.4 Å². The molecule has 1 aliphatic heterocycles. The molecule has 1 fully saturated rings. The highest BCUT2D eigenvalue weighted by Gasteiger charge is 2.10. The van der Waals surface area contributed by atoms with Gasteiger partial charge < -0.3 is 9.47 Å². The molecule has 0 bridgehead atoms. The van der Waals surface area contributed by atoms with E-state index in [-0.39, 0.29) is 6.29 Å². The summed E-state index contributed by atoms with van der Waals surface area (Å²) in [5.41, 5.74) is 1.17. The first-order chi connectivity index (χ1) is 6.45. The predicted octanol–water partition coefficient (Wildman–Crippen LogP) is 2.07. The van der Waals surface area contributed by atoms with E-state index in [1.807, 2.05) is 42.5 Å². The number of ether oxygens (including phenoxy) is 2. The summed E-state index contributed by atoms with van der Waals surface area (Å²) in [7, 11) is 0. The van der Waals surface area contributed by atoms with Crippen molar-refractivity contribution in [3.8, 4) is 0 Å². The van der Waals surface area contributed by atoms with Crippen LogP contribution in [-0.2, 0) is 9.47 Å². The summed E-state index contributed by atoms with van der Waals surface area (Å²) in [4.78, 5) is 0. The van der Waals surface area contributed by atoms with Crippen LogP contribution in [-0.4, -0.2) is 19.5 Å². The first-order valence-electron chi connectivity index (χ1n) is 4.41. The summed E-state index contributed by atoms with van der Waals surface area (Å²) in [6, 6.07) is 10.1. The van der Waals surface area contributed by atoms with Crippen molar-refractivity contribution in [1.29, 1.82) is 0 Å². The van der Waals surface area contributed by atoms with E-state index in [0.29, 0.717) is 13.2 Å². The van der Waals surface area contributed by atoms with E-state index >= 15 is 0 Å². The summed E-state index contributed by atoms with van der Waals surface area (Å²) in [6.45, 7) is 1.40. The maximum absolute atomic E-state index is 5.27. The molecule has 0 spiro atoms. The number of rotatable bonds is 2. The van der Waals surface area contributed by atoms with Crippen LogP contribution < -0.4 is 0 Å². The van der Waals surface area contributed by atoms with Crippen LogP contribution in [0.1, 0.15) is 5.56 Å². The lowest BCUT2D eigenvalue weighted by Crippen LogP contribution is -2.01. The van der Waals surface area contributed by atoms with Gasteiger partial charge in [-0.2, -0.15) is 0 Å². The molecule has 1 heterocycles. The summed E-state index contributed by atoms with van der Waals surface area (Å²) in [6.07, 6.45) is 3.79. The van der Waals surface area contributed by atoms with Crippen LogP contribution in [0.2, 0.25) is 0 Å². The van der Waals surface area contributed by atoms with E-state index in [9.17, 15) is 0 Å². The Kier molecular flexibility index (Phi) is 2.75. The van der Waals surface area contributed by atoms with Gasteiger partial charge in [0.1, 0.15) is 0 Å². The van der Waals surface area contributed by atoms with Crippen molar-refractivity contribution in [3.05, 3.63) is 42.0 Å². The number of benzene rings is 1. The van der Waals surface area contributed by atoms with Crippen LogP contribution in [0, 0.1) is 0 Å². The molecule has 0 aromatic heterocycles. The van der Waals surface area contributed by atoms with Crippen LogP contribution in [0.15, 0.2) is 36.4 Å². The van der Waals surface area contributed by atoms with Crippen molar-refractivity contribution in [2.45, 2.75) is 6.29 Å². The molecule has 68 valence electrons. The molecule has 0 atom stereocenters. The Morgan fingerprint density at radius 2 is 1.77 bits per heavy atom. The lowest BCUT2D eigenvalue weighted by Gasteiger charge is -2.00. The minimum Gasteiger partial charge on any atom is -0.347 e. The van der Waals surface area contributed by atoms with Crippen molar-refractivity contribution < 1.29 is 9.47 Å². The second-order valence-electron chi connectivity index (χ2n) is 2.88. The van der Waals surface area contributed by atoms with Crippen molar-refractivity contribution in [1.82, 2.24) is 0 Å². The summed E-state index contributed by atoms with van der Waals surface area (Å²) in [5.74, 6) is 0. The average Bonchev–Trinajstić information content (AvgIpc) is 2.69. The van der Waals surface area contributed by atoms with Gasteiger partial charge in [0.15, 0.2) is 6.29 Å². The molecule has 1 aromatic rings. The van der Waals surface area contributed by atoms with Gasteiger partial charge in [-0.3, -0.25) is 0 Å². The average molecular weight is 176 g/mol. The Hall–Kier alpha value is -1.12. The molecule has 1 aromatic carbocycles. The highest BCUT2D eigenvalue weighted by Crippen LogP contribution is 2.08. The third-order valence-corrected chi connectivity index (χ3v) is 1.89. The number of hydrogen-bond acceptors (Lipinski definition) is 2. The van der Waals surface area contributed by atoms with Crippen LogP contribution in [0.3, 0.4) is 0 Å². The predicted molar refractivity (Wildman–Crippen MR) is 51.2 cm³/mol. The lowest BCUT2D eigenvalue weighted by molar-refractivity contribution is -0.000907. The van der Waals surface area contributed by atoms with Crippen LogP contribution in [0.4, 0.5) is 0 Å². The zero-order valence-electron chi connectivity index (χ0n) is 7.35. The third-order valence-electron chi connectivity index (χ3n) is 1.89. The molecule has 2 rings (SSSR count). The summed E-state index contributed by atoms with van der Waals surface area (Å²) in [5, 5.41) is 0. The van der Waals surface area contributed by atoms with Gasteiger partial charge in [0.05, 0.1) is 13.2 Å². The fraction of sp³-hybridized carbons (Fsp3) is 0.273. The smallest absolute Gasteiger partial charge is 0.177 e. The Bertz CT molecular complexity index is 273. The maximum atomic E-state index is 5.27. The quantitative estimate of drug-likeness (QED) is 0.686. The Balaban J connectivity index is 1.97. The van der Waals surface area contributed by atoms with Gasteiger partial charge in [-0.15, -0.1) is 0 Å². The van der Waals surface area contributed by atoms with Crippen LogP contribution >= 0.6 is 0 Å². The second kappa shape index (κ2) is 4.21.